The molecular formula is C22H24ClN3. The number of hydrogen-bond donors (Lipinski definition) is 0. The van der Waals surface area contributed by atoms with Crippen molar-refractivity contribution in [3.63, 3.8) is 0 Å². The van der Waals surface area contributed by atoms with E-state index in [1.807, 2.05) is 6.20 Å². The van der Waals surface area contributed by atoms with Crippen LogP contribution >= 0.6 is 12.4 Å². The SMILES string of the molecule is C#CCCn1c(C)c(C)c2c(N3CCc4ccccc4C3)nccc21.Cl. The molecule has 0 saturated heterocycles. The molecule has 134 valence electrons. The Hall–Kier alpha value is -2.44. The lowest BCUT2D eigenvalue weighted by Gasteiger charge is -2.30. The fourth-order valence-corrected chi connectivity index (χ4v) is 3.97. The molecule has 0 radical (unpaired) electrons. The number of fused-ring (bicyclic) bond motifs is 2. The minimum atomic E-state index is 0. The monoisotopic (exact) mass is 365 g/mol. The Kier molecular flexibility index (Phi) is 5.25. The van der Waals surface area contributed by atoms with Gasteiger partial charge in [-0.3, -0.25) is 0 Å². The van der Waals surface area contributed by atoms with Gasteiger partial charge in [0.25, 0.3) is 0 Å². The number of pyridine rings is 1. The number of aryl methyl sites for hydroxylation is 2. The van der Waals surface area contributed by atoms with E-state index in [9.17, 15) is 0 Å². The topological polar surface area (TPSA) is 21.1 Å². The van der Waals surface area contributed by atoms with Gasteiger partial charge in [-0.25, -0.2) is 4.98 Å². The molecule has 4 rings (SSSR count). The molecule has 0 amide bonds. The van der Waals surface area contributed by atoms with Crippen LogP contribution in [0.3, 0.4) is 0 Å². The number of anilines is 1. The molecular weight excluding hydrogens is 342 g/mol. The molecule has 26 heavy (non-hydrogen) atoms. The molecule has 0 spiro atoms. The van der Waals surface area contributed by atoms with Gasteiger partial charge < -0.3 is 9.47 Å². The summed E-state index contributed by atoms with van der Waals surface area (Å²) < 4.78 is 2.34. The lowest BCUT2D eigenvalue weighted by atomic mass is 9.99. The molecule has 1 aromatic carbocycles. The Morgan fingerprint density at radius 3 is 2.69 bits per heavy atom. The van der Waals surface area contributed by atoms with Gasteiger partial charge in [0.15, 0.2) is 0 Å². The van der Waals surface area contributed by atoms with Gasteiger partial charge >= 0.3 is 0 Å². The molecule has 3 nitrogen and oxygen atoms in total. The van der Waals surface area contributed by atoms with E-state index in [0.717, 1.165) is 38.3 Å². The largest absolute Gasteiger partial charge is 0.351 e. The zero-order valence-corrected chi connectivity index (χ0v) is 16.1. The summed E-state index contributed by atoms with van der Waals surface area (Å²) in [4.78, 5) is 7.19. The Bertz CT molecular complexity index is 981. The molecule has 3 heterocycles. The molecule has 3 aromatic rings. The molecule has 0 aliphatic carbocycles. The number of benzene rings is 1. The summed E-state index contributed by atoms with van der Waals surface area (Å²) in [6.07, 6.45) is 9.24. The maximum absolute atomic E-state index is 5.49. The second-order valence-electron chi connectivity index (χ2n) is 6.79. The highest BCUT2D eigenvalue weighted by Gasteiger charge is 2.22. The van der Waals surface area contributed by atoms with E-state index in [1.54, 1.807) is 0 Å². The lowest BCUT2D eigenvalue weighted by molar-refractivity contribution is 0.720. The van der Waals surface area contributed by atoms with E-state index in [2.05, 4.69) is 59.6 Å². The summed E-state index contributed by atoms with van der Waals surface area (Å²) in [5.74, 6) is 3.86. The molecule has 0 saturated carbocycles. The van der Waals surface area contributed by atoms with Crippen molar-refractivity contribution < 1.29 is 0 Å². The highest BCUT2D eigenvalue weighted by Crippen LogP contribution is 2.34. The summed E-state index contributed by atoms with van der Waals surface area (Å²) in [6, 6.07) is 10.9. The van der Waals surface area contributed by atoms with E-state index >= 15 is 0 Å². The van der Waals surface area contributed by atoms with Crippen LogP contribution in [0.4, 0.5) is 5.82 Å². The van der Waals surface area contributed by atoms with E-state index in [0.29, 0.717) is 0 Å². The van der Waals surface area contributed by atoms with E-state index in [4.69, 9.17) is 11.4 Å². The van der Waals surface area contributed by atoms with Crippen molar-refractivity contribution in [1.82, 2.24) is 9.55 Å². The predicted molar refractivity (Wildman–Crippen MR) is 111 cm³/mol. The van der Waals surface area contributed by atoms with Gasteiger partial charge in [-0.05, 0) is 43.0 Å². The summed E-state index contributed by atoms with van der Waals surface area (Å²) in [6.45, 7) is 7.18. The minimum absolute atomic E-state index is 0. The van der Waals surface area contributed by atoms with Crippen molar-refractivity contribution in [3.05, 3.63) is 58.9 Å². The van der Waals surface area contributed by atoms with E-state index in [1.165, 1.54) is 33.3 Å². The highest BCUT2D eigenvalue weighted by molar-refractivity contribution is 5.95. The lowest BCUT2D eigenvalue weighted by Crippen LogP contribution is -2.31. The standard InChI is InChI=1S/C22H23N3.ClH/c1-4-5-13-25-17(3)16(2)21-20(25)10-12-23-22(21)24-14-11-18-8-6-7-9-19(18)15-24;/h1,6-10,12H,5,11,13-15H2,2-3H3;1H. The molecule has 1 aliphatic rings. The number of aromatic nitrogens is 2. The maximum Gasteiger partial charge on any atom is 0.138 e. The van der Waals surface area contributed by atoms with Gasteiger partial charge in [-0.15, -0.1) is 24.8 Å². The first-order valence-corrected chi connectivity index (χ1v) is 8.90. The van der Waals surface area contributed by atoms with Gasteiger partial charge in [0.1, 0.15) is 5.82 Å². The summed E-state index contributed by atoms with van der Waals surface area (Å²) in [5, 5.41) is 1.27. The Balaban J connectivity index is 0.00000196. The maximum atomic E-state index is 5.49. The average molecular weight is 366 g/mol. The van der Waals surface area contributed by atoms with Crippen LogP contribution in [0.2, 0.25) is 0 Å². The molecule has 0 atom stereocenters. The van der Waals surface area contributed by atoms with E-state index in [-0.39, 0.29) is 12.4 Å². The Morgan fingerprint density at radius 1 is 1.15 bits per heavy atom. The zero-order valence-electron chi connectivity index (χ0n) is 15.3. The first-order valence-electron chi connectivity index (χ1n) is 8.90. The minimum Gasteiger partial charge on any atom is -0.351 e. The fraction of sp³-hybridized carbons (Fsp3) is 0.318. The normalized spacial score (nSPS) is 13.2. The molecule has 1 aliphatic heterocycles. The van der Waals surface area contributed by atoms with E-state index < -0.39 is 0 Å². The molecule has 2 aromatic heterocycles. The van der Waals surface area contributed by atoms with Crippen LogP contribution < -0.4 is 4.90 Å². The summed E-state index contributed by atoms with van der Waals surface area (Å²) in [7, 11) is 0. The third-order valence-corrected chi connectivity index (χ3v) is 5.43. The van der Waals surface area contributed by atoms with Gasteiger partial charge in [-0.2, -0.15) is 0 Å². The predicted octanol–water partition coefficient (Wildman–Crippen LogP) is 4.66. The summed E-state index contributed by atoms with van der Waals surface area (Å²) in [5.41, 5.74) is 6.72. The number of rotatable bonds is 3. The van der Waals surface area contributed by atoms with Crippen LogP contribution in [0.15, 0.2) is 36.5 Å². The van der Waals surface area contributed by atoms with Crippen molar-refractivity contribution in [2.24, 2.45) is 0 Å². The number of terminal acetylenes is 1. The highest BCUT2D eigenvalue weighted by atomic mass is 35.5. The van der Waals surface area contributed by atoms with Crippen molar-refractivity contribution in [3.8, 4) is 12.3 Å². The van der Waals surface area contributed by atoms with Crippen molar-refractivity contribution in [2.45, 2.75) is 39.8 Å². The van der Waals surface area contributed by atoms with Crippen LogP contribution in [0, 0.1) is 26.2 Å². The zero-order chi connectivity index (χ0) is 17.4. The van der Waals surface area contributed by atoms with Gasteiger partial charge in [0, 0.05) is 43.3 Å². The molecule has 0 unspecified atom stereocenters. The quantitative estimate of drug-likeness (QED) is 0.629. The van der Waals surface area contributed by atoms with Crippen LogP contribution in [-0.2, 0) is 19.5 Å². The van der Waals surface area contributed by atoms with Crippen LogP contribution in [-0.4, -0.2) is 16.1 Å². The average Bonchev–Trinajstić information content (AvgIpc) is 2.90. The first-order chi connectivity index (χ1) is 12.2. The van der Waals surface area contributed by atoms with Gasteiger partial charge in [-0.1, -0.05) is 24.3 Å². The van der Waals surface area contributed by atoms with Crippen LogP contribution in [0.25, 0.3) is 10.9 Å². The second-order valence-corrected chi connectivity index (χ2v) is 6.79. The van der Waals surface area contributed by atoms with Crippen molar-refractivity contribution >= 4 is 29.1 Å². The fourth-order valence-electron chi connectivity index (χ4n) is 3.97. The van der Waals surface area contributed by atoms with Crippen molar-refractivity contribution in [2.75, 3.05) is 11.4 Å². The third kappa shape index (κ3) is 2.95. The number of hydrogen-bond acceptors (Lipinski definition) is 2. The number of nitrogens with zero attached hydrogens (tertiary/aromatic N) is 3. The molecule has 0 N–H and O–H groups in total. The van der Waals surface area contributed by atoms with Crippen molar-refractivity contribution in [1.29, 1.82) is 0 Å². The Labute approximate surface area is 161 Å². The number of halogens is 1. The first kappa shape index (κ1) is 18.4. The third-order valence-electron chi connectivity index (χ3n) is 5.43. The second kappa shape index (κ2) is 7.43. The van der Waals surface area contributed by atoms with Crippen LogP contribution in [0.1, 0.15) is 28.8 Å². The van der Waals surface area contributed by atoms with Gasteiger partial charge in [0.2, 0.25) is 0 Å². The summed E-state index contributed by atoms with van der Waals surface area (Å²) >= 11 is 0. The molecule has 0 bridgehead atoms. The molecule has 4 heteroatoms. The molecule has 0 fully saturated rings. The Morgan fingerprint density at radius 2 is 1.92 bits per heavy atom. The van der Waals surface area contributed by atoms with Gasteiger partial charge in [0.05, 0.1) is 5.52 Å². The smallest absolute Gasteiger partial charge is 0.138 e. The van der Waals surface area contributed by atoms with Crippen LogP contribution in [0.5, 0.6) is 0 Å².